The molecule has 3 rings (SSSR count). The van der Waals surface area contributed by atoms with Crippen molar-refractivity contribution in [3.8, 4) is 0 Å². The predicted octanol–water partition coefficient (Wildman–Crippen LogP) is 7.86. The molecule has 44 heavy (non-hydrogen) atoms. The largest absolute Gasteiger partial charge is 0.455 e. The second kappa shape index (κ2) is 21.7. The van der Waals surface area contributed by atoms with Crippen LogP contribution in [-0.4, -0.2) is 70.1 Å². The van der Waals surface area contributed by atoms with Gasteiger partial charge in [0, 0.05) is 5.57 Å². The highest BCUT2D eigenvalue weighted by Crippen LogP contribution is 2.34. The molecule has 3 heterocycles. The van der Waals surface area contributed by atoms with Crippen molar-refractivity contribution >= 4 is 5.97 Å². The molecule has 7 heteroatoms. The summed E-state index contributed by atoms with van der Waals surface area (Å²) in [4.78, 5) is 11.6. The summed E-state index contributed by atoms with van der Waals surface area (Å²) in [6, 6.07) is 0. The van der Waals surface area contributed by atoms with Crippen molar-refractivity contribution in [1.82, 2.24) is 0 Å². The second-order valence-corrected chi connectivity index (χ2v) is 14.0. The minimum absolute atomic E-state index is 0.0248. The van der Waals surface area contributed by atoms with Crippen LogP contribution in [0.15, 0.2) is 11.6 Å². The molecule has 0 radical (unpaired) electrons. The number of hydrogen-bond acceptors (Lipinski definition) is 7. The Morgan fingerprint density at radius 1 is 0.659 bits per heavy atom. The molecule has 0 saturated carbocycles. The van der Waals surface area contributed by atoms with Gasteiger partial charge in [-0.25, -0.2) is 4.79 Å². The molecular weight excluding hydrogens is 556 g/mol. The lowest BCUT2D eigenvalue weighted by atomic mass is 9.99. The Hall–Kier alpha value is -0.990. The third-order valence-electron chi connectivity index (χ3n) is 10.1. The van der Waals surface area contributed by atoms with E-state index in [0.29, 0.717) is 6.42 Å². The number of carbonyl (C=O) groups excluding carboxylic acids is 1. The Morgan fingerprint density at radius 2 is 1.11 bits per heavy atom. The smallest absolute Gasteiger partial charge is 0.334 e. The van der Waals surface area contributed by atoms with Crippen molar-refractivity contribution in [2.24, 2.45) is 0 Å². The Kier molecular flexibility index (Phi) is 18.5. The fourth-order valence-corrected chi connectivity index (χ4v) is 7.27. The molecule has 0 aromatic carbocycles. The highest BCUT2D eigenvalue weighted by molar-refractivity contribution is 5.90. The molecule has 0 aromatic rings. The maximum atomic E-state index is 11.6. The minimum atomic E-state index is -0.466. The first-order valence-corrected chi connectivity index (χ1v) is 18.6. The zero-order valence-corrected chi connectivity index (χ0v) is 28.1. The third-order valence-corrected chi connectivity index (χ3v) is 10.1. The normalized spacial score (nSPS) is 27.4. The summed E-state index contributed by atoms with van der Waals surface area (Å²) in [5.74, 6) is -0.152. The number of aliphatic hydroxyl groups is 3. The molecule has 7 nitrogen and oxygen atoms in total. The Labute approximate surface area is 268 Å². The van der Waals surface area contributed by atoms with E-state index in [9.17, 15) is 20.1 Å². The van der Waals surface area contributed by atoms with Gasteiger partial charge < -0.3 is 29.5 Å². The first-order chi connectivity index (χ1) is 21.4. The number of cyclic esters (lactones) is 1. The SMILES string of the molecule is CCCCCCCCCC[C@@H](O)[C@@H]1CC[C@@H]([C@@H]2CC[C@@H]([C@@H](O)CCCC[C@H](O)CCCCCCCC3=C[C@@H](C)OC3=O)O2)O1. The van der Waals surface area contributed by atoms with Gasteiger partial charge in [0.25, 0.3) is 0 Å². The molecular formula is C37H66O7. The molecule has 3 N–H and O–H groups in total. The van der Waals surface area contributed by atoms with E-state index in [2.05, 4.69) is 6.92 Å². The van der Waals surface area contributed by atoms with E-state index in [1.54, 1.807) is 0 Å². The average molecular weight is 623 g/mol. The summed E-state index contributed by atoms with van der Waals surface area (Å²) in [7, 11) is 0. The molecule has 0 aromatic heterocycles. The van der Waals surface area contributed by atoms with Crippen LogP contribution in [0.25, 0.3) is 0 Å². The summed E-state index contributed by atoms with van der Waals surface area (Å²) < 4.78 is 17.7. The molecule has 2 fully saturated rings. The van der Waals surface area contributed by atoms with Crippen LogP contribution in [0.2, 0.25) is 0 Å². The quantitative estimate of drug-likeness (QED) is 0.0703. The third kappa shape index (κ3) is 14.2. The summed E-state index contributed by atoms with van der Waals surface area (Å²) in [6.45, 7) is 4.14. The highest BCUT2D eigenvalue weighted by Gasteiger charge is 2.40. The molecule has 0 bridgehead atoms. The monoisotopic (exact) mass is 622 g/mol. The lowest BCUT2D eigenvalue weighted by molar-refractivity contribution is -0.139. The van der Waals surface area contributed by atoms with Crippen LogP contribution in [0, 0.1) is 0 Å². The van der Waals surface area contributed by atoms with E-state index >= 15 is 0 Å². The Morgan fingerprint density at radius 3 is 1.64 bits per heavy atom. The Balaban J connectivity index is 1.14. The van der Waals surface area contributed by atoms with E-state index in [-0.39, 0.29) is 48.7 Å². The number of unbranched alkanes of at least 4 members (excludes halogenated alkanes) is 12. The zero-order chi connectivity index (χ0) is 31.6. The number of ether oxygens (including phenoxy) is 3. The van der Waals surface area contributed by atoms with Crippen molar-refractivity contribution in [1.29, 1.82) is 0 Å². The van der Waals surface area contributed by atoms with Crippen LogP contribution in [0.5, 0.6) is 0 Å². The standard InChI is InChI=1S/C37H66O7/c1-3-4-5-6-7-8-12-15-21-31(39)33-23-25-35(43-33)36-26-24-34(44-36)32(40)22-17-16-20-30(38)19-14-11-9-10-13-18-29-27-28(2)42-37(29)41/h27-28,30-36,38-40H,3-26H2,1-2H3/t28-,30-,31-,32+,33+,34+,35+,36+/m1/s1. The Bertz CT molecular complexity index is 801. The van der Waals surface area contributed by atoms with Gasteiger partial charge in [-0.05, 0) is 77.2 Å². The van der Waals surface area contributed by atoms with Gasteiger partial charge in [-0.3, -0.25) is 0 Å². The first-order valence-electron chi connectivity index (χ1n) is 18.6. The molecule has 8 atom stereocenters. The van der Waals surface area contributed by atoms with Gasteiger partial charge in [0.15, 0.2) is 0 Å². The molecule has 0 aliphatic carbocycles. The molecule has 0 unspecified atom stereocenters. The zero-order valence-electron chi connectivity index (χ0n) is 28.1. The van der Waals surface area contributed by atoms with Crippen LogP contribution < -0.4 is 0 Å². The van der Waals surface area contributed by atoms with Gasteiger partial charge in [0.1, 0.15) is 6.10 Å². The van der Waals surface area contributed by atoms with Gasteiger partial charge in [0.2, 0.25) is 0 Å². The van der Waals surface area contributed by atoms with Crippen LogP contribution in [0.3, 0.4) is 0 Å². The van der Waals surface area contributed by atoms with E-state index in [0.717, 1.165) is 108 Å². The summed E-state index contributed by atoms with van der Waals surface area (Å²) in [5.41, 5.74) is 0.828. The van der Waals surface area contributed by atoms with Crippen LogP contribution >= 0.6 is 0 Å². The van der Waals surface area contributed by atoms with Crippen LogP contribution in [-0.2, 0) is 19.0 Å². The fraction of sp³-hybridized carbons (Fsp3) is 0.919. The lowest BCUT2D eigenvalue weighted by Gasteiger charge is -2.24. The molecule has 3 aliphatic rings. The number of rotatable bonds is 25. The summed E-state index contributed by atoms with van der Waals surface area (Å²) >= 11 is 0. The van der Waals surface area contributed by atoms with Crippen molar-refractivity contribution in [2.75, 3.05) is 0 Å². The van der Waals surface area contributed by atoms with Crippen molar-refractivity contribution in [3.05, 3.63) is 11.6 Å². The van der Waals surface area contributed by atoms with Gasteiger partial charge >= 0.3 is 5.97 Å². The van der Waals surface area contributed by atoms with Gasteiger partial charge in [-0.15, -0.1) is 0 Å². The number of hydrogen-bond donors (Lipinski definition) is 3. The molecule has 3 aliphatic heterocycles. The van der Waals surface area contributed by atoms with Crippen molar-refractivity contribution in [2.45, 2.75) is 217 Å². The van der Waals surface area contributed by atoms with Crippen molar-refractivity contribution < 1.29 is 34.3 Å². The van der Waals surface area contributed by atoms with Crippen LogP contribution in [0.1, 0.15) is 168 Å². The molecule has 256 valence electrons. The van der Waals surface area contributed by atoms with E-state index < -0.39 is 6.10 Å². The van der Waals surface area contributed by atoms with Gasteiger partial charge in [0.05, 0.1) is 42.7 Å². The van der Waals surface area contributed by atoms with E-state index in [1.165, 1.54) is 44.9 Å². The van der Waals surface area contributed by atoms with Crippen molar-refractivity contribution in [3.63, 3.8) is 0 Å². The molecule has 2 saturated heterocycles. The van der Waals surface area contributed by atoms with E-state index in [4.69, 9.17) is 14.2 Å². The fourth-order valence-electron chi connectivity index (χ4n) is 7.27. The summed E-state index contributed by atoms with van der Waals surface area (Å²) in [5, 5.41) is 31.8. The number of aliphatic hydroxyl groups excluding tert-OH is 3. The van der Waals surface area contributed by atoms with Gasteiger partial charge in [-0.2, -0.15) is 0 Å². The highest BCUT2D eigenvalue weighted by atomic mass is 16.6. The average Bonchev–Trinajstić information content (AvgIpc) is 3.76. The number of esters is 1. The van der Waals surface area contributed by atoms with E-state index in [1.807, 2.05) is 13.0 Å². The predicted molar refractivity (Wildman–Crippen MR) is 175 cm³/mol. The van der Waals surface area contributed by atoms with Gasteiger partial charge in [-0.1, -0.05) is 96.8 Å². The maximum Gasteiger partial charge on any atom is 0.334 e. The molecule has 0 amide bonds. The minimum Gasteiger partial charge on any atom is -0.455 e. The maximum absolute atomic E-state index is 11.6. The lowest BCUT2D eigenvalue weighted by Crippen LogP contribution is -2.33. The summed E-state index contributed by atoms with van der Waals surface area (Å²) in [6.07, 6.45) is 25.6. The topological polar surface area (TPSA) is 105 Å². The second-order valence-electron chi connectivity index (χ2n) is 14.0. The first kappa shape index (κ1) is 37.5. The van der Waals surface area contributed by atoms with Crippen LogP contribution in [0.4, 0.5) is 0 Å². The molecule has 0 spiro atoms. The number of carbonyl (C=O) groups is 1.